The molecule has 0 atom stereocenters. The predicted octanol–water partition coefficient (Wildman–Crippen LogP) is 0.726. The number of hydrogen-bond donors (Lipinski definition) is 2. The largest absolute Gasteiger partial charge is 0.392 e. The summed E-state index contributed by atoms with van der Waals surface area (Å²) >= 11 is 5.56. The van der Waals surface area contributed by atoms with Crippen molar-refractivity contribution in [3.8, 4) is 0 Å². The van der Waals surface area contributed by atoms with Crippen LogP contribution in [0.25, 0.3) is 0 Å². The molecule has 0 bridgehead atoms. The van der Waals surface area contributed by atoms with E-state index >= 15 is 0 Å². The molecule has 0 saturated heterocycles. The van der Waals surface area contributed by atoms with E-state index in [2.05, 4.69) is 4.83 Å². The second kappa shape index (κ2) is 5.28. The SMILES string of the molecule is CN(C)NS(=O)(=O)c1cc(F)c(Cl)c(CO)c1. The quantitative estimate of drug-likeness (QED) is 0.799. The van der Waals surface area contributed by atoms with E-state index in [4.69, 9.17) is 16.7 Å². The van der Waals surface area contributed by atoms with Crippen molar-refractivity contribution in [2.75, 3.05) is 14.1 Å². The maximum absolute atomic E-state index is 13.3. The van der Waals surface area contributed by atoms with Gasteiger partial charge in [0.05, 0.1) is 16.5 Å². The Morgan fingerprint density at radius 3 is 2.53 bits per heavy atom. The van der Waals surface area contributed by atoms with Gasteiger partial charge < -0.3 is 5.11 Å². The summed E-state index contributed by atoms with van der Waals surface area (Å²) in [7, 11) is -0.899. The molecule has 0 aromatic heterocycles. The first-order valence-corrected chi connectivity index (χ1v) is 6.42. The van der Waals surface area contributed by atoms with Crippen LogP contribution in [0.2, 0.25) is 5.02 Å². The summed E-state index contributed by atoms with van der Waals surface area (Å²) in [5, 5.41) is 9.87. The van der Waals surface area contributed by atoms with E-state index in [0.29, 0.717) is 0 Å². The van der Waals surface area contributed by atoms with E-state index < -0.39 is 22.4 Å². The first kappa shape index (κ1) is 14.3. The van der Waals surface area contributed by atoms with E-state index in [9.17, 15) is 12.8 Å². The molecular weight excluding hydrogens is 271 g/mol. The molecule has 0 aliphatic heterocycles. The van der Waals surface area contributed by atoms with Gasteiger partial charge in [-0.1, -0.05) is 11.6 Å². The standard InChI is InChI=1S/C9H12ClFN2O3S/c1-13(2)12-17(15,16)7-3-6(5-14)9(10)8(11)4-7/h3-4,12,14H,5H2,1-2H3. The van der Waals surface area contributed by atoms with Crippen LogP contribution in [-0.4, -0.2) is 32.6 Å². The normalized spacial score (nSPS) is 12.1. The van der Waals surface area contributed by atoms with Gasteiger partial charge in [0.15, 0.2) is 0 Å². The summed E-state index contributed by atoms with van der Waals surface area (Å²) in [6.45, 7) is -0.541. The summed E-state index contributed by atoms with van der Waals surface area (Å²) in [6.07, 6.45) is 0. The summed E-state index contributed by atoms with van der Waals surface area (Å²) in [6, 6.07) is 1.92. The Morgan fingerprint density at radius 1 is 1.47 bits per heavy atom. The smallest absolute Gasteiger partial charge is 0.253 e. The average molecular weight is 283 g/mol. The number of aliphatic hydroxyl groups is 1. The number of nitrogens with one attached hydrogen (secondary N) is 1. The molecule has 0 amide bonds. The van der Waals surface area contributed by atoms with Crippen molar-refractivity contribution in [1.29, 1.82) is 0 Å². The highest BCUT2D eigenvalue weighted by molar-refractivity contribution is 7.89. The van der Waals surface area contributed by atoms with Crippen LogP contribution in [0.15, 0.2) is 17.0 Å². The lowest BCUT2D eigenvalue weighted by Gasteiger charge is -2.13. The third-order valence-electron chi connectivity index (χ3n) is 1.86. The molecule has 0 fully saturated rings. The number of rotatable bonds is 4. The van der Waals surface area contributed by atoms with Gasteiger partial charge in [0.25, 0.3) is 10.0 Å². The third-order valence-corrected chi connectivity index (χ3v) is 3.75. The van der Waals surface area contributed by atoms with Crippen molar-refractivity contribution in [3.63, 3.8) is 0 Å². The molecule has 0 unspecified atom stereocenters. The summed E-state index contributed by atoms with van der Waals surface area (Å²) in [4.78, 5) is 1.85. The van der Waals surface area contributed by atoms with Crippen molar-refractivity contribution in [2.45, 2.75) is 11.5 Å². The van der Waals surface area contributed by atoms with Gasteiger partial charge in [0.1, 0.15) is 5.82 Å². The summed E-state index contributed by atoms with van der Waals surface area (Å²) < 4.78 is 36.8. The van der Waals surface area contributed by atoms with Gasteiger partial charge in [0.2, 0.25) is 0 Å². The highest BCUT2D eigenvalue weighted by atomic mass is 35.5. The molecule has 1 aromatic carbocycles. The van der Waals surface area contributed by atoms with Crippen LogP contribution >= 0.6 is 11.6 Å². The van der Waals surface area contributed by atoms with Gasteiger partial charge in [-0.05, 0) is 12.1 Å². The highest BCUT2D eigenvalue weighted by Crippen LogP contribution is 2.24. The first-order valence-electron chi connectivity index (χ1n) is 4.56. The zero-order chi connectivity index (χ0) is 13.2. The molecule has 0 spiro atoms. The second-order valence-electron chi connectivity index (χ2n) is 3.53. The van der Waals surface area contributed by atoms with Gasteiger partial charge >= 0.3 is 0 Å². The molecule has 1 rings (SSSR count). The minimum atomic E-state index is -3.87. The van der Waals surface area contributed by atoms with Gasteiger partial charge in [-0.25, -0.2) is 17.8 Å². The summed E-state index contributed by atoms with van der Waals surface area (Å²) in [5.74, 6) is -0.891. The maximum Gasteiger partial charge on any atom is 0.253 e. The van der Waals surface area contributed by atoms with Gasteiger partial charge in [-0.2, -0.15) is 0 Å². The lowest BCUT2D eigenvalue weighted by atomic mass is 10.2. The Labute approximate surface area is 104 Å². The minimum Gasteiger partial charge on any atom is -0.392 e. The van der Waals surface area contributed by atoms with Crippen LogP contribution < -0.4 is 4.83 Å². The maximum atomic E-state index is 13.3. The third kappa shape index (κ3) is 3.36. The number of hydrogen-bond acceptors (Lipinski definition) is 4. The topological polar surface area (TPSA) is 69.6 Å². The zero-order valence-corrected chi connectivity index (χ0v) is 10.8. The van der Waals surface area contributed by atoms with Gasteiger partial charge in [-0.3, -0.25) is 0 Å². The van der Waals surface area contributed by atoms with Crippen molar-refractivity contribution in [2.24, 2.45) is 0 Å². The Bertz CT molecular complexity index is 519. The van der Waals surface area contributed by atoms with Crippen molar-refractivity contribution >= 4 is 21.6 Å². The van der Waals surface area contributed by atoms with Gasteiger partial charge in [0, 0.05) is 19.7 Å². The van der Waals surface area contributed by atoms with E-state index in [1.807, 2.05) is 0 Å². The number of hydrazine groups is 1. The molecule has 0 radical (unpaired) electrons. The van der Waals surface area contributed by atoms with Gasteiger partial charge in [-0.15, -0.1) is 4.83 Å². The molecule has 1 aromatic rings. The minimum absolute atomic E-state index is 0.0193. The average Bonchev–Trinajstić information content (AvgIpc) is 2.19. The Hall–Kier alpha value is -0.730. The second-order valence-corrected chi connectivity index (χ2v) is 5.56. The molecule has 0 aliphatic rings. The Balaban J connectivity index is 3.29. The Morgan fingerprint density at radius 2 is 2.06 bits per heavy atom. The fraction of sp³-hybridized carbons (Fsp3) is 0.333. The van der Waals surface area contributed by atoms with E-state index in [0.717, 1.165) is 12.1 Å². The monoisotopic (exact) mass is 282 g/mol. The van der Waals surface area contributed by atoms with Crippen LogP contribution in [-0.2, 0) is 16.6 Å². The molecule has 0 saturated carbocycles. The molecule has 5 nitrogen and oxygen atoms in total. The van der Waals surface area contributed by atoms with Crippen LogP contribution in [0.4, 0.5) is 4.39 Å². The van der Waals surface area contributed by atoms with Crippen molar-refractivity contribution < 1.29 is 17.9 Å². The molecule has 0 heterocycles. The van der Waals surface area contributed by atoms with Crippen LogP contribution in [0.1, 0.15) is 5.56 Å². The molecular formula is C9H12ClFN2O3S. The summed E-state index contributed by atoms with van der Waals surface area (Å²) in [5.41, 5.74) is 0.0193. The predicted molar refractivity (Wildman–Crippen MR) is 61.3 cm³/mol. The molecule has 96 valence electrons. The van der Waals surface area contributed by atoms with Crippen molar-refractivity contribution in [1.82, 2.24) is 9.84 Å². The number of nitrogens with zero attached hydrogens (tertiary/aromatic N) is 1. The van der Waals surface area contributed by atoms with Crippen LogP contribution in [0.3, 0.4) is 0 Å². The fourth-order valence-electron chi connectivity index (χ4n) is 1.18. The number of sulfonamides is 1. The van der Waals surface area contributed by atoms with Crippen molar-refractivity contribution in [3.05, 3.63) is 28.5 Å². The van der Waals surface area contributed by atoms with Crippen LogP contribution in [0.5, 0.6) is 0 Å². The lowest BCUT2D eigenvalue weighted by Crippen LogP contribution is -2.36. The number of aliphatic hydroxyl groups excluding tert-OH is 1. The van der Waals surface area contributed by atoms with E-state index in [1.165, 1.54) is 19.1 Å². The molecule has 17 heavy (non-hydrogen) atoms. The Kier molecular flexibility index (Phi) is 4.45. The first-order chi connectivity index (χ1) is 7.77. The zero-order valence-electron chi connectivity index (χ0n) is 9.24. The van der Waals surface area contributed by atoms with E-state index in [1.54, 1.807) is 0 Å². The fourth-order valence-corrected chi connectivity index (χ4v) is 2.49. The molecule has 0 aliphatic carbocycles. The highest BCUT2D eigenvalue weighted by Gasteiger charge is 2.19. The van der Waals surface area contributed by atoms with Crippen LogP contribution in [0, 0.1) is 5.82 Å². The van der Waals surface area contributed by atoms with E-state index in [-0.39, 0.29) is 15.5 Å². The number of halogens is 2. The lowest BCUT2D eigenvalue weighted by molar-refractivity contribution is 0.281. The molecule has 2 N–H and O–H groups in total. The number of benzene rings is 1. The molecule has 8 heteroatoms.